The Morgan fingerprint density at radius 1 is 1.23 bits per heavy atom. The van der Waals surface area contributed by atoms with Crippen molar-refractivity contribution in [3.8, 4) is 5.75 Å². The second-order valence-electron chi connectivity index (χ2n) is 5.15. The summed E-state index contributed by atoms with van der Waals surface area (Å²) in [7, 11) is 0. The maximum atomic E-state index is 12.6. The number of carbonyl (C=O) groups excluding carboxylic acids is 1. The van der Waals surface area contributed by atoms with Crippen LogP contribution in [0.2, 0.25) is 0 Å². The molecular formula is C16H20N4O2. The second-order valence-corrected chi connectivity index (χ2v) is 5.15. The SMILES string of the molecule is CCCC1=NNC2C(=O)N(c3ccc(OCC)cc3)C=CN12. The lowest BCUT2D eigenvalue weighted by atomic mass is 10.2. The molecule has 116 valence electrons. The van der Waals surface area contributed by atoms with Gasteiger partial charge in [0.15, 0.2) is 0 Å². The van der Waals surface area contributed by atoms with E-state index in [9.17, 15) is 4.79 Å². The van der Waals surface area contributed by atoms with E-state index in [1.165, 1.54) is 0 Å². The maximum absolute atomic E-state index is 12.6. The van der Waals surface area contributed by atoms with Crippen molar-refractivity contribution >= 4 is 17.4 Å². The van der Waals surface area contributed by atoms with Gasteiger partial charge in [-0.05, 0) is 37.6 Å². The lowest BCUT2D eigenvalue weighted by Gasteiger charge is -2.32. The van der Waals surface area contributed by atoms with Crippen LogP contribution < -0.4 is 15.1 Å². The maximum Gasteiger partial charge on any atom is 0.276 e. The summed E-state index contributed by atoms with van der Waals surface area (Å²) >= 11 is 0. The van der Waals surface area contributed by atoms with E-state index in [0.717, 1.165) is 30.1 Å². The number of benzene rings is 1. The third-order valence-corrected chi connectivity index (χ3v) is 3.64. The molecule has 1 aromatic rings. The summed E-state index contributed by atoms with van der Waals surface area (Å²) in [6.45, 7) is 4.66. The van der Waals surface area contributed by atoms with E-state index >= 15 is 0 Å². The predicted octanol–water partition coefficient (Wildman–Crippen LogP) is 2.25. The molecule has 0 saturated heterocycles. The van der Waals surface area contributed by atoms with Gasteiger partial charge in [0, 0.05) is 24.5 Å². The first-order valence-electron chi connectivity index (χ1n) is 7.59. The fraction of sp³-hybridized carbons (Fsp3) is 0.375. The van der Waals surface area contributed by atoms with E-state index in [1.54, 1.807) is 11.1 Å². The van der Waals surface area contributed by atoms with Crippen LogP contribution >= 0.6 is 0 Å². The highest BCUT2D eigenvalue weighted by Crippen LogP contribution is 2.25. The van der Waals surface area contributed by atoms with Crippen molar-refractivity contribution in [3.63, 3.8) is 0 Å². The van der Waals surface area contributed by atoms with Crippen molar-refractivity contribution in [1.82, 2.24) is 10.3 Å². The molecule has 1 atom stereocenters. The Morgan fingerprint density at radius 2 is 2.00 bits per heavy atom. The Hall–Kier alpha value is -2.50. The zero-order valence-corrected chi connectivity index (χ0v) is 12.8. The number of nitrogens with zero attached hydrogens (tertiary/aromatic N) is 3. The first-order chi connectivity index (χ1) is 10.7. The van der Waals surface area contributed by atoms with Gasteiger partial charge >= 0.3 is 0 Å². The summed E-state index contributed by atoms with van der Waals surface area (Å²) in [6, 6.07) is 7.50. The number of ether oxygens (including phenoxy) is 1. The number of anilines is 1. The van der Waals surface area contributed by atoms with Crippen molar-refractivity contribution in [2.24, 2.45) is 5.10 Å². The van der Waals surface area contributed by atoms with Gasteiger partial charge in [-0.2, -0.15) is 5.10 Å². The van der Waals surface area contributed by atoms with Gasteiger partial charge in [0.05, 0.1) is 6.61 Å². The highest BCUT2D eigenvalue weighted by molar-refractivity contribution is 6.03. The van der Waals surface area contributed by atoms with Crippen molar-refractivity contribution in [3.05, 3.63) is 36.7 Å². The number of nitrogens with one attached hydrogen (secondary N) is 1. The fourth-order valence-electron chi connectivity index (χ4n) is 2.59. The van der Waals surface area contributed by atoms with Crippen molar-refractivity contribution in [2.75, 3.05) is 11.5 Å². The van der Waals surface area contributed by atoms with Gasteiger partial charge in [0.25, 0.3) is 5.91 Å². The Morgan fingerprint density at radius 3 is 2.68 bits per heavy atom. The van der Waals surface area contributed by atoms with Gasteiger partial charge in [-0.15, -0.1) is 0 Å². The molecule has 1 unspecified atom stereocenters. The molecule has 6 nitrogen and oxygen atoms in total. The molecule has 2 aliphatic heterocycles. The Kier molecular flexibility index (Phi) is 4.00. The summed E-state index contributed by atoms with van der Waals surface area (Å²) < 4.78 is 5.42. The number of fused-ring (bicyclic) bond motifs is 1. The van der Waals surface area contributed by atoms with E-state index in [0.29, 0.717) is 6.61 Å². The predicted molar refractivity (Wildman–Crippen MR) is 85.3 cm³/mol. The lowest BCUT2D eigenvalue weighted by molar-refractivity contribution is -0.122. The number of hydrazone groups is 1. The number of amidine groups is 1. The number of rotatable bonds is 5. The standard InChI is InChI=1S/C16H20N4O2/c1-3-5-14-17-18-15-16(21)19(10-11-20(14)15)12-6-8-13(9-7-12)22-4-2/h6-11,15,18H,3-5H2,1-2H3. The largest absolute Gasteiger partial charge is 0.494 e. The molecule has 1 aromatic carbocycles. The third-order valence-electron chi connectivity index (χ3n) is 3.64. The molecular weight excluding hydrogens is 280 g/mol. The van der Waals surface area contributed by atoms with Crippen LogP contribution in [-0.2, 0) is 4.79 Å². The Labute approximate surface area is 130 Å². The quantitative estimate of drug-likeness (QED) is 0.906. The molecule has 0 radical (unpaired) electrons. The van der Waals surface area contributed by atoms with E-state index in [2.05, 4.69) is 17.5 Å². The molecule has 6 heteroatoms. The van der Waals surface area contributed by atoms with E-state index in [1.807, 2.05) is 42.3 Å². The zero-order valence-electron chi connectivity index (χ0n) is 12.8. The molecule has 0 spiro atoms. The van der Waals surface area contributed by atoms with Gasteiger partial charge in [0.1, 0.15) is 11.6 Å². The summed E-state index contributed by atoms with van der Waals surface area (Å²) in [4.78, 5) is 16.2. The smallest absolute Gasteiger partial charge is 0.276 e. The fourth-order valence-corrected chi connectivity index (χ4v) is 2.59. The van der Waals surface area contributed by atoms with Crippen LogP contribution in [0.5, 0.6) is 5.75 Å². The van der Waals surface area contributed by atoms with Gasteiger partial charge in [-0.1, -0.05) is 6.92 Å². The topological polar surface area (TPSA) is 57.2 Å². The molecule has 22 heavy (non-hydrogen) atoms. The molecule has 0 aliphatic carbocycles. The average molecular weight is 300 g/mol. The minimum absolute atomic E-state index is 0.0403. The summed E-state index contributed by atoms with van der Waals surface area (Å²) in [5, 5.41) is 4.26. The molecule has 1 amide bonds. The molecule has 3 rings (SSSR count). The molecule has 0 bridgehead atoms. The molecule has 0 fully saturated rings. The number of carbonyl (C=O) groups is 1. The normalized spacial score (nSPS) is 19.8. The lowest BCUT2D eigenvalue weighted by Crippen LogP contribution is -2.52. The van der Waals surface area contributed by atoms with Crippen LogP contribution in [-0.4, -0.2) is 29.4 Å². The zero-order chi connectivity index (χ0) is 15.5. The summed E-state index contributed by atoms with van der Waals surface area (Å²) in [6.07, 6.45) is 5.08. The van der Waals surface area contributed by atoms with Gasteiger partial charge in [-0.3, -0.25) is 15.1 Å². The van der Waals surface area contributed by atoms with Crippen LogP contribution in [0.3, 0.4) is 0 Å². The van der Waals surface area contributed by atoms with E-state index in [4.69, 9.17) is 4.74 Å². The molecule has 2 heterocycles. The molecule has 1 N–H and O–H groups in total. The summed E-state index contributed by atoms with van der Waals surface area (Å²) in [5.74, 6) is 1.67. The van der Waals surface area contributed by atoms with Crippen LogP contribution in [0.25, 0.3) is 0 Å². The second kappa shape index (κ2) is 6.09. The number of hydrogen-bond donors (Lipinski definition) is 1. The van der Waals surface area contributed by atoms with Crippen LogP contribution in [0.15, 0.2) is 41.8 Å². The molecule has 0 saturated carbocycles. The van der Waals surface area contributed by atoms with E-state index in [-0.39, 0.29) is 5.91 Å². The first-order valence-corrected chi connectivity index (χ1v) is 7.59. The van der Waals surface area contributed by atoms with Crippen LogP contribution in [0.4, 0.5) is 5.69 Å². The minimum Gasteiger partial charge on any atom is -0.494 e. The highest BCUT2D eigenvalue weighted by Gasteiger charge is 2.37. The number of amides is 1. The summed E-state index contributed by atoms with van der Waals surface area (Å²) in [5.41, 5.74) is 3.74. The van der Waals surface area contributed by atoms with Crippen LogP contribution in [0, 0.1) is 0 Å². The Balaban J connectivity index is 1.78. The van der Waals surface area contributed by atoms with Crippen molar-refractivity contribution in [2.45, 2.75) is 32.9 Å². The molecule has 2 aliphatic rings. The van der Waals surface area contributed by atoms with Crippen molar-refractivity contribution in [1.29, 1.82) is 0 Å². The first kappa shape index (κ1) is 14.4. The van der Waals surface area contributed by atoms with Gasteiger partial charge in [-0.25, -0.2) is 0 Å². The third kappa shape index (κ3) is 2.52. The monoisotopic (exact) mass is 300 g/mol. The Bertz CT molecular complexity index is 609. The molecule has 0 aromatic heterocycles. The van der Waals surface area contributed by atoms with Crippen molar-refractivity contribution < 1.29 is 9.53 Å². The number of hydrogen-bond acceptors (Lipinski definition) is 5. The van der Waals surface area contributed by atoms with Crippen LogP contribution in [0.1, 0.15) is 26.7 Å². The van der Waals surface area contributed by atoms with Gasteiger partial charge < -0.3 is 9.64 Å². The van der Waals surface area contributed by atoms with E-state index < -0.39 is 6.17 Å². The average Bonchev–Trinajstić information content (AvgIpc) is 2.94. The highest BCUT2D eigenvalue weighted by atomic mass is 16.5. The van der Waals surface area contributed by atoms with Gasteiger partial charge in [0.2, 0.25) is 6.17 Å². The minimum atomic E-state index is -0.446.